The molecule has 6 atom stereocenters. The fourth-order valence-corrected chi connectivity index (χ4v) is 5.22. The molecule has 0 radical (unpaired) electrons. The average molecular weight is 575 g/mol. The van der Waals surface area contributed by atoms with Gasteiger partial charge in [0, 0.05) is 6.07 Å². The highest BCUT2D eigenvalue weighted by Gasteiger charge is 2.46. The van der Waals surface area contributed by atoms with Crippen molar-refractivity contribution in [1.82, 2.24) is 24.5 Å². The third-order valence-corrected chi connectivity index (χ3v) is 7.35. The van der Waals surface area contributed by atoms with E-state index in [1.54, 1.807) is 6.07 Å². The van der Waals surface area contributed by atoms with Gasteiger partial charge in [-0.1, -0.05) is 0 Å². The Morgan fingerprint density at radius 1 is 1.23 bits per heavy atom. The zero-order chi connectivity index (χ0) is 28.2. The van der Waals surface area contributed by atoms with Gasteiger partial charge >= 0.3 is 13.8 Å². The second-order valence-corrected chi connectivity index (χ2v) is 10.5. The number of hydrogen-bond acceptors (Lipinski definition) is 15. The van der Waals surface area contributed by atoms with Gasteiger partial charge < -0.3 is 34.7 Å². The summed E-state index contributed by atoms with van der Waals surface area (Å²) >= 11 is 0. The predicted octanol–water partition coefficient (Wildman–Crippen LogP) is 0.186. The molecular formula is C22H22N7O10P. The molecule has 18 heteroatoms. The van der Waals surface area contributed by atoms with Crippen LogP contribution in [0.25, 0.3) is 22.3 Å². The molecular weight excluding hydrogens is 553 g/mol. The molecule has 40 heavy (non-hydrogen) atoms. The van der Waals surface area contributed by atoms with Crippen LogP contribution in [0, 0.1) is 0 Å². The molecule has 1 aromatic carbocycles. The number of carbonyl (C=O) groups excluding carboxylic acids is 1. The van der Waals surface area contributed by atoms with Gasteiger partial charge in [-0.25, -0.2) is 29.3 Å². The number of aliphatic imine (C=N–C) groups is 1. The molecule has 1 saturated heterocycles. The first kappa shape index (κ1) is 26.2. The van der Waals surface area contributed by atoms with Crippen molar-refractivity contribution in [2.24, 2.45) is 4.99 Å². The molecule has 1 fully saturated rings. The number of phenols is 1. The van der Waals surface area contributed by atoms with Gasteiger partial charge in [-0.15, -0.1) is 0 Å². The number of benzene rings is 1. The zero-order valence-electron chi connectivity index (χ0n) is 20.3. The number of rotatable bonds is 7. The van der Waals surface area contributed by atoms with Crippen LogP contribution in [0.1, 0.15) is 25.0 Å². The summed E-state index contributed by atoms with van der Waals surface area (Å²) in [5.74, 6) is -0.853. The maximum absolute atomic E-state index is 12.5. The molecule has 0 bridgehead atoms. The molecule has 6 N–H and O–H groups in total. The van der Waals surface area contributed by atoms with Crippen LogP contribution in [0.2, 0.25) is 0 Å². The van der Waals surface area contributed by atoms with Gasteiger partial charge in [-0.3, -0.25) is 19.0 Å². The Balaban J connectivity index is 1.08. The molecule has 0 amide bonds. The first-order valence-corrected chi connectivity index (χ1v) is 13.4. The first-order chi connectivity index (χ1) is 19.1. The molecule has 3 aromatic heterocycles. The number of hydrogen-bond donors (Lipinski definition) is 5. The molecule has 2 aliphatic rings. The van der Waals surface area contributed by atoms with Gasteiger partial charge in [0.2, 0.25) is 5.89 Å². The molecule has 17 nitrogen and oxygen atoms in total. The van der Waals surface area contributed by atoms with Crippen molar-refractivity contribution in [2.45, 2.75) is 43.4 Å². The Bertz CT molecular complexity index is 1690. The molecule has 0 aliphatic carbocycles. The predicted molar refractivity (Wildman–Crippen MR) is 133 cm³/mol. The quantitative estimate of drug-likeness (QED) is 0.184. The van der Waals surface area contributed by atoms with Crippen LogP contribution in [0.15, 0.2) is 40.3 Å². The fourth-order valence-electron chi connectivity index (χ4n) is 4.48. The number of aliphatic hydroxyl groups excluding tert-OH is 2. The normalized spacial score (nSPS) is 26.3. The lowest BCUT2D eigenvalue weighted by Gasteiger charge is -2.18. The van der Waals surface area contributed by atoms with Crippen molar-refractivity contribution in [3.63, 3.8) is 0 Å². The van der Waals surface area contributed by atoms with E-state index in [2.05, 4.69) is 29.5 Å². The lowest BCUT2D eigenvalue weighted by molar-refractivity contribution is -0.137. The van der Waals surface area contributed by atoms with Gasteiger partial charge in [-0.2, -0.15) is 0 Å². The van der Waals surface area contributed by atoms with Crippen molar-refractivity contribution in [2.75, 3.05) is 12.3 Å². The Kier molecular flexibility index (Phi) is 6.48. The molecule has 6 rings (SSSR count). The fraction of sp³-hybridized carbons (Fsp3) is 0.364. The lowest BCUT2D eigenvalue weighted by atomic mass is 10.1. The molecule has 210 valence electrons. The highest BCUT2D eigenvalue weighted by atomic mass is 31.2. The van der Waals surface area contributed by atoms with Gasteiger partial charge in [0.05, 0.1) is 18.6 Å². The number of phosphoric acid groups is 1. The third kappa shape index (κ3) is 4.78. The first-order valence-electron chi connectivity index (χ1n) is 11.9. The standard InChI is InChI=1S/C22H22N7O10P/c23-18-15-19(25-7-24-18)29(8-26-15)21-17(32)16(31)14(38-21)6-36-40(34,35)39-22(33)12-4-3-11(27-12)20-28-10-2-1-9(30)5-13(10)37-20/h1-2,5,7-8,12,14,16-17,21,30-32H,3-4,6H2,(H,34,35)(H2,23,24,25)/t12?,14?,16-,17-,21-/m1/s1. The number of phosphoric ester groups is 1. The van der Waals surface area contributed by atoms with Crippen molar-refractivity contribution >= 4 is 47.6 Å². The average Bonchev–Trinajstić information content (AvgIpc) is 3.69. The Hall–Kier alpha value is -3.99. The van der Waals surface area contributed by atoms with Crippen LogP contribution >= 0.6 is 7.82 Å². The second-order valence-electron chi connectivity index (χ2n) is 9.11. The van der Waals surface area contributed by atoms with E-state index in [0.717, 1.165) is 0 Å². The van der Waals surface area contributed by atoms with E-state index in [1.807, 2.05) is 0 Å². The van der Waals surface area contributed by atoms with Crippen LogP contribution in [-0.2, 0) is 23.1 Å². The minimum absolute atomic E-state index is 0.000709. The monoisotopic (exact) mass is 575 g/mol. The molecule has 2 aliphatic heterocycles. The number of nitrogen functional groups attached to an aromatic ring is 1. The van der Waals surface area contributed by atoms with Crippen LogP contribution in [0.5, 0.6) is 5.75 Å². The molecule has 5 heterocycles. The summed E-state index contributed by atoms with van der Waals surface area (Å²) < 4.78 is 34.6. The SMILES string of the molecule is Nc1ncnc2c1ncn2[C@@H]1OC(COP(=O)(O)OC(=O)C2CCC(c3nc4ccc(O)cc4o3)=N2)[C@@H](O)[C@H]1O. The molecule has 0 spiro atoms. The number of aliphatic hydroxyl groups is 2. The number of nitrogens with two attached hydrogens (primary N) is 1. The Labute approximate surface area is 223 Å². The Morgan fingerprint density at radius 2 is 2.05 bits per heavy atom. The number of phenolic OH excluding ortho intramolecular Hbond substituents is 1. The summed E-state index contributed by atoms with van der Waals surface area (Å²) in [5, 5.41) is 30.5. The number of anilines is 1. The number of nitrogens with zero attached hydrogens (tertiary/aromatic N) is 6. The molecule has 0 saturated carbocycles. The van der Waals surface area contributed by atoms with Gasteiger partial charge in [-0.05, 0) is 25.0 Å². The number of aromatic hydroxyl groups is 1. The zero-order valence-corrected chi connectivity index (χ0v) is 21.2. The van der Waals surface area contributed by atoms with E-state index in [9.17, 15) is 29.6 Å². The number of ether oxygens (including phenoxy) is 1. The maximum atomic E-state index is 12.5. The van der Waals surface area contributed by atoms with Crippen molar-refractivity contribution < 1.29 is 47.8 Å². The number of oxazole rings is 1. The summed E-state index contributed by atoms with van der Waals surface area (Å²) in [6.45, 7) is -0.700. The summed E-state index contributed by atoms with van der Waals surface area (Å²) in [4.78, 5) is 43.1. The highest BCUT2D eigenvalue weighted by molar-refractivity contribution is 7.48. The van der Waals surface area contributed by atoms with Crippen LogP contribution in [0.4, 0.5) is 5.82 Å². The highest BCUT2D eigenvalue weighted by Crippen LogP contribution is 2.45. The van der Waals surface area contributed by atoms with E-state index in [0.29, 0.717) is 16.8 Å². The lowest BCUT2D eigenvalue weighted by Crippen LogP contribution is -2.33. The number of aromatic nitrogens is 5. The van der Waals surface area contributed by atoms with Crippen molar-refractivity contribution in [1.29, 1.82) is 0 Å². The van der Waals surface area contributed by atoms with Gasteiger partial charge in [0.1, 0.15) is 47.5 Å². The van der Waals surface area contributed by atoms with Crippen LogP contribution < -0.4 is 5.73 Å². The van der Waals surface area contributed by atoms with Crippen molar-refractivity contribution in [3.8, 4) is 5.75 Å². The molecule has 3 unspecified atom stereocenters. The minimum atomic E-state index is -4.96. The number of imidazole rings is 1. The van der Waals surface area contributed by atoms with E-state index in [4.69, 9.17) is 19.4 Å². The van der Waals surface area contributed by atoms with E-state index in [-0.39, 0.29) is 41.5 Å². The second kappa shape index (κ2) is 9.88. The third-order valence-electron chi connectivity index (χ3n) is 6.46. The van der Waals surface area contributed by atoms with E-state index >= 15 is 0 Å². The van der Waals surface area contributed by atoms with Crippen LogP contribution in [-0.4, -0.2) is 87.4 Å². The maximum Gasteiger partial charge on any atom is 0.529 e. The van der Waals surface area contributed by atoms with E-state index in [1.165, 1.54) is 29.4 Å². The van der Waals surface area contributed by atoms with Crippen LogP contribution in [0.3, 0.4) is 0 Å². The summed E-state index contributed by atoms with van der Waals surface area (Å²) in [5.41, 5.74) is 7.44. The smallest absolute Gasteiger partial charge is 0.508 e. The van der Waals surface area contributed by atoms with Gasteiger partial charge in [0.15, 0.2) is 23.3 Å². The van der Waals surface area contributed by atoms with E-state index < -0.39 is 51.0 Å². The van der Waals surface area contributed by atoms with Crippen molar-refractivity contribution in [3.05, 3.63) is 36.7 Å². The summed E-state index contributed by atoms with van der Waals surface area (Å²) in [7, 11) is -4.96. The Morgan fingerprint density at radius 3 is 2.88 bits per heavy atom. The summed E-state index contributed by atoms with van der Waals surface area (Å²) in [6, 6.07) is 3.30. The minimum Gasteiger partial charge on any atom is -0.508 e. The number of fused-ring (bicyclic) bond motifs is 2. The topological polar surface area (TPSA) is 251 Å². The summed E-state index contributed by atoms with van der Waals surface area (Å²) in [6.07, 6.45) is -2.52. The van der Waals surface area contributed by atoms with Gasteiger partial charge in [0.25, 0.3) is 0 Å². The number of carbonyl (C=O) groups is 1. The largest absolute Gasteiger partial charge is 0.529 e. The molecule has 4 aromatic rings.